The van der Waals surface area contributed by atoms with Gasteiger partial charge in [-0.15, -0.1) is 0 Å². The number of nitro groups is 1. The first kappa shape index (κ1) is 32.8. The number of nitro benzene ring substituents is 1. The second-order valence-electron chi connectivity index (χ2n) is 11.9. The maximum absolute atomic E-state index is 14.0. The molecule has 3 heterocycles. The van der Waals surface area contributed by atoms with Crippen molar-refractivity contribution >= 4 is 64.5 Å². The Morgan fingerprint density at radius 1 is 1.19 bits per heavy atom. The van der Waals surface area contributed by atoms with Gasteiger partial charge in [0.25, 0.3) is 5.69 Å². The van der Waals surface area contributed by atoms with Crippen molar-refractivity contribution in [2.45, 2.75) is 45.0 Å². The number of ether oxygens (including phenoxy) is 1. The van der Waals surface area contributed by atoms with Crippen LogP contribution in [-0.2, 0) is 14.2 Å². The zero-order valence-electron chi connectivity index (χ0n) is 25.8. The summed E-state index contributed by atoms with van der Waals surface area (Å²) in [5, 5.41) is 32.8. The molecule has 11 nitrogen and oxygen atoms in total. The van der Waals surface area contributed by atoms with Crippen LogP contribution in [0, 0.1) is 31.4 Å². The summed E-state index contributed by atoms with van der Waals surface area (Å²) >= 11 is 2.06. The molecule has 2 fully saturated rings. The molecule has 3 aliphatic rings. The van der Waals surface area contributed by atoms with E-state index in [4.69, 9.17) is 9.39 Å². The Labute approximate surface area is 285 Å². The van der Waals surface area contributed by atoms with Crippen LogP contribution in [0.15, 0.2) is 71.9 Å². The molecular weight excluding hydrogens is 716 g/mol. The number of amides is 2. The van der Waals surface area contributed by atoms with Gasteiger partial charge in [0.2, 0.25) is 11.8 Å². The lowest BCUT2D eigenvalue weighted by Gasteiger charge is -2.43. The minimum atomic E-state index is -1.13. The Morgan fingerprint density at radius 2 is 2.00 bits per heavy atom. The number of imide groups is 1. The van der Waals surface area contributed by atoms with Crippen LogP contribution < -0.4 is 9.64 Å². The molecule has 2 aromatic carbocycles. The molecule has 0 saturated carbocycles. The van der Waals surface area contributed by atoms with Crippen LogP contribution in [0.5, 0.6) is 11.5 Å². The van der Waals surface area contributed by atoms with Crippen molar-refractivity contribution in [2.24, 2.45) is 17.8 Å². The van der Waals surface area contributed by atoms with Crippen LogP contribution in [0.1, 0.15) is 43.9 Å². The van der Waals surface area contributed by atoms with Gasteiger partial charge in [-0.25, -0.2) is 4.90 Å². The number of aromatic nitrogens is 1. The lowest BCUT2D eigenvalue weighted by Crippen LogP contribution is -2.46. The summed E-state index contributed by atoms with van der Waals surface area (Å²) < 4.78 is 12.2. The number of halogens is 1. The lowest BCUT2D eigenvalue weighted by atomic mass is 9.58. The summed E-state index contributed by atoms with van der Waals surface area (Å²) in [7, 11) is 0.366. The van der Waals surface area contributed by atoms with Crippen LogP contribution in [0.3, 0.4) is 0 Å². The Balaban J connectivity index is 1.32. The highest BCUT2D eigenvalue weighted by Gasteiger charge is 2.57. The molecule has 0 spiro atoms. The van der Waals surface area contributed by atoms with Crippen molar-refractivity contribution in [2.75, 3.05) is 12.0 Å². The molecule has 0 bridgehead atoms. The molecule has 6 rings (SSSR count). The van der Waals surface area contributed by atoms with E-state index < -0.39 is 41.8 Å². The van der Waals surface area contributed by atoms with E-state index >= 15 is 0 Å². The van der Waals surface area contributed by atoms with Gasteiger partial charge in [0.15, 0.2) is 11.5 Å². The smallest absolute Gasteiger partial charge is 0.455 e. The highest BCUT2D eigenvalue weighted by atomic mass is 127. The maximum atomic E-state index is 14.0. The van der Waals surface area contributed by atoms with E-state index in [1.165, 1.54) is 31.4 Å². The number of rotatable bonds is 9. The van der Waals surface area contributed by atoms with Gasteiger partial charge < -0.3 is 19.5 Å². The third-order valence-corrected chi connectivity index (χ3v) is 10.1. The van der Waals surface area contributed by atoms with Crippen molar-refractivity contribution in [3.05, 3.63) is 96.9 Å². The molecule has 4 atom stereocenters. The molecule has 0 radical (unpaired) electrons. The van der Waals surface area contributed by atoms with Crippen LogP contribution in [0.25, 0.3) is 11.6 Å². The zero-order chi connectivity index (χ0) is 33.4. The normalized spacial score (nSPS) is 22.8. The van der Waals surface area contributed by atoms with E-state index in [1.807, 2.05) is 37.3 Å². The first-order valence-electron chi connectivity index (χ1n) is 15.5. The van der Waals surface area contributed by atoms with Gasteiger partial charge in [0.05, 0.1) is 44.9 Å². The Bertz CT molecular complexity index is 1800. The molecule has 242 valence electrons. The van der Waals surface area contributed by atoms with Crippen molar-refractivity contribution in [3.63, 3.8) is 0 Å². The number of nitrogens with zero attached hydrogens (tertiary/aromatic N) is 3. The Kier molecular flexibility index (Phi) is 9.49. The molecule has 13 heteroatoms. The first-order valence-corrected chi connectivity index (χ1v) is 16.5. The van der Waals surface area contributed by atoms with Crippen LogP contribution in [0.2, 0.25) is 6.32 Å². The minimum absolute atomic E-state index is 0.0684. The molecule has 2 amide bonds. The number of carbonyl (C=O) groups excluding carboxylic acids is 2. The summed E-state index contributed by atoms with van der Waals surface area (Å²) in [5.74, 6) is -2.09. The van der Waals surface area contributed by atoms with E-state index in [-0.39, 0.29) is 29.4 Å². The molecule has 1 aromatic heterocycles. The minimum Gasteiger partial charge on any atom is -0.504 e. The number of pyridine rings is 1. The van der Waals surface area contributed by atoms with Crippen LogP contribution >= 0.6 is 22.6 Å². The van der Waals surface area contributed by atoms with E-state index in [0.29, 0.717) is 35.0 Å². The summed E-state index contributed by atoms with van der Waals surface area (Å²) in [4.78, 5) is 44.3. The molecule has 47 heavy (non-hydrogen) atoms. The fourth-order valence-electron chi connectivity index (χ4n) is 7.25. The van der Waals surface area contributed by atoms with Crippen molar-refractivity contribution in [3.8, 4) is 11.5 Å². The number of allylic oxidation sites excluding steroid dienone is 2. The number of fused-ring (bicyclic) bond motifs is 3. The number of phenols is 1. The monoisotopic (exact) mass is 749 g/mol. The van der Waals surface area contributed by atoms with Gasteiger partial charge in [-0.1, -0.05) is 24.6 Å². The Hall–Kier alpha value is -4.08. The van der Waals surface area contributed by atoms with Gasteiger partial charge in [0, 0.05) is 18.3 Å². The van der Waals surface area contributed by atoms with E-state index in [2.05, 4.69) is 27.6 Å². The highest BCUT2D eigenvalue weighted by molar-refractivity contribution is 14.1. The van der Waals surface area contributed by atoms with Gasteiger partial charge in [-0.3, -0.25) is 24.7 Å². The lowest BCUT2D eigenvalue weighted by molar-refractivity contribution is -0.384. The van der Waals surface area contributed by atoms with Crippen molar-refractivity contribution in [1.29, 1.82) is 0 Å². The SMILES string of the molecule is CCC1=C2[C@@H](CC/C(=C/c3cc(I)c(O)c(OC)c3)c3ccccn3)OB(O)C[C@@H]2[C@@H]2C(=O)N(c3cccc([N+](=O)[O-])c3)C(=O)[C@@H]2C1. The number of hydrogen-bond acceptors (Lipinski definition) is 9. The third kappa shape index (κ3) is 6.31. The topological polar surface area (TPSA) is 152 Å². The summed E-state index contributed by atoms with van der Waals surface area (Å²) in [6.07, 6.45) is 5.41. The van der Waals surface area contributed by atoms with Crippen molar-refractivity contribution < 1.29 is 34.0 Å². The second kappa shape index (κ2) is 13.6. The van der Waals surface area contributed by atoms with Gasteiger partial charge in [-0.05, 0) is 114 Å². The average Bonchev–Trinajstić information content (AvgIpc) is 3.32. The molecule has 2 saturated heterocycles. The van der Waals surface area contributed by atoms with Crippen molar-refractivity contribution in [1.82, 2.24) is 4.98 Å². The molecular formula is C34H33BIN3O8. The number of benzene rings is 2. The quantitative estimate of drug-likeness (QED) is 0.0666. The standard InChI is InChI=1S/C34H33BIN3O8/c1-3-20-16-24-31(34(42)38(33(24)41)22-7-6-8-23(17-22)39(44)45)25-18-35(43)47-28(30(20)25)11-10-21(27-9-4-5-12-37-27)13-19-14-26(36)32(40)29(15-19)46-2/h4-9,12-15,17,24-25,28,31,40,43H,3,10-11,16,18H2,1-2H3/b21-13-/t24-,25+,28-,31-/m1/s1. The number of anilines is 1. The summed E-state index contributed by atoms with van der Waals surface area (Å²) in [6.45, 7) is 2.01. The largest absolute Gasteiger partial charge is 0.504 e. The summed E-state index contributed by atoms with van der Waals surface area (Å²) in [6, 6.07) is 14.8. The maximum Gasteiger partial charge on any atom is 0.455 e. The number of aromatic hydroxyl groups is 1. The number of phenolic OH excluding ortho intramolecular Hbond substituents is 1. The van der Waals surface area contributed by atoms with E-state index in [9.17, 15) is 29.8 Å². The molecule has 3 aromatic rings. The van der Waals surface area contributed by atoms with Crippen LogP contribution in [0.4, 0.5) is 11.4 Å². The molecule has 2 N–H and O–H groups in total. The van der Waals surface area contributed by atoms with E-state index in [1.54, 1.807) is 12.3 Å². The predicted molar refractivity (Wildman–Crippen MR) is 184 cm³/mol. The average molecular weight is 749 g/mol. The predicted octanol–water partition coefficient (Wildman–Crippen LogP) is 6.04. The highest BCUT2D eigenvalue weighted by Crippen LogP contribution is 2.52. The van der Waals surface area contributed by atoms with Gasteiger partial charge in [-0.2, -0.15) is 0 Å². The zero-order valence-corrected chi connectivity index (χ0v) is 28.0. The molecule has 2 aliphatic heterocycles. The second-order valence-corrected chi connectivity index (χ2v) is 13.1. The molecule has 0 unspecified atom stereocenters. The Morgan fingerprint density at radius 3 is 2.70 bits per heavy atom. The number of methoxy groups -OCH3 is 1. The fraction of sp³-hybridized carbons (Fsp3) is 0.324. The van der Waals surface area contributed by atoms with Gasteiger partial charge >= 0.3 is 7.12 Å². The first-order chi connectivity index (χ1) is 22.6. The third-order valence-electron chi connectivity index (χ3n) is 9.31. The number of non-ortho nitro benzene ring substituents is 1. The van der Waals surface area contributed by atoms with Gasteiger partial charge in [0.1, 0.15) is 0 Å². The summed E-state index contributed by atoms with van der Waals surface area (Å²) in [5.41, 5.74) is 4.46. The fourth-order valence-corrected chi connectivity index (χ4v) is 7.88. The number of carbonyl (C=O) groups is 2. The number of hydrogen-bond donors (Lipinski definition) is 2. The van der Waals surface area contributed by atoms with E-state index in [0.717, 1.165) is 32.9 Å². The van der Waals surface area contributed by atoms with Crippen LogP contribution in [-0.4, -0.2) is 52.2 Å². The molecule has 1 aliphatic carbocycles.